The maximum atomic E-state index is 5.88. The minimum atomic E-state index is 0.372. The Balaban J connectivity index is 2.48. The van der Waals surface area contributed by atoms with E-state index in [1.54, 1.807) is 12.3 Å². The third-order valence-corrected chi connectivity index (χ3v) is 3.44. The molecule has 0 fully saturated rings. The molecule has 4 nitrogen and oxygen atoms in total. The SMILES string of the molecule is CCCNc1nc(-c2ccc(Cl)cn2)nc(C)c1C(C)C. The number of aromatic nitrogens is 3. The zero-order valence-corrected chi connectivity index (χ0v) is 13.7. The minimum Gasteiger partial charge on any atom is -0.370 e. The zero-order valence-electron chi connectivity index (χ0n) is 12.9. The molecule has 0 bridgehead atoms. The second kappa shape index (κ2) is 6.85. The Morgan fingerprint density at radius 1 is 1.24 bits per heavy atom. The van der Waals surface area contributed by atoms with Crippen LogP contribution in [0.5, 0.6) is 0 Å². The number of aryl methyl sites for hydroxylation is 1. The van der Waals surface area contributed by atoms with E-state index in [4.69, 9.17) is 11.6 Å². The molecule has 5 heteroatoms. The molecule has 1 N–H and O–H groups in total. The third-order valence-electron chi connectivity index (χ3n) is 3.21. The van der Waals surface area contributed by atoms with E-state index in [0.717, 1.165) is 30.2 Å². The average molecular weight is 305 g/mol. The van der Waals surface area contributed by atoms with Crippen LogP contribution in [0.15, 0.2) is 18.3 Å². The van der Waals surface area contributed by atoms with Crippen LogP contribution in [0.25, 0.3) is 11.5 Å². The molecule has 0 amide bonds. The fraction of sp³-hybridized carbons (Fsp3) is 0.438. The molecular weight excluding hydrogens is 284 g/mol. The number of hydrogen-bond donors (Lipinski definition) is 1. The molecule has 0 unspecified atom stereocenters. The summed E-state index contributed by atoms with van der Waals surface area (Å²) >= 11 is 5.88. The van der Waals surface area contributed by atoms with E-state index in [1.165, 1.54) is 5.56 Å². The Kier molecular flexibility index (Phi) is 5.12. The van der Waals surface area contributed by atoms with Crippen molar-refractivity contribution in [3.8, 4) is 11.5 Å². The standard InChI is InChI=1S/C16H21ClN4/c1-5-8-18-16-14(10(2)3)11(4)20-15(21-16)13-7-6-12(17)9-19-13/h6-7,9-10H,5,8H2,1-4H3,(H,18,20,21). The molecule has 0 saturated heterocycles. The van der Waals surface area contributed by atoms with Crippen molar-refractivity contribution in [1.82, 2.24) is 15.0 Å². The predicted molar refractivity (Wildman–Crippen MR) is 87.9 cm³/mol. The van der Waals surface area contributed by atoms with E-state index in [1.807, 2.05) is 13.0 Å². The van der Waals surface area contributed by atoms with Crippen molar-refractivity contribution in [2.75, 3.05) is 11.9 Å². The number of nitrogens with zero attached hydrogens (tertiary/aromatic N) is 3. The summed E-state index contributed by atoms with van der Waals surface area (Å²) in [6.45, 7) is 9.36. The van der Waals surface area contributed by atoms with Crippen molar-refractivity contribution < 1.29 is 0 Å². The summed E-state index contributed by atoms with van der Waals surface area (Å²) < 4.78 is 0. The summed E-state index contributed by atoms with van der Waals surface area (Å²) in [7, 11) is 0. The molecule has 112 valence electrons. The first-order valence-corrected chi connectivity index (χ1v) is 7.65. The van der Waals surface area contributed by atoms with Crippen molar-refractivity contribution >= 4 is 17.4 Å². The molecule has 0 radical (unpaired) electrons. The minimum absolute atomic E-state index is 0.372. The van der Waals surface area contributed by atoms with E-state index in [-0.39, 0.29) is 0 Å². The summed E-state index contributed by atoms with van der Waals surface area (Å²) in [5.41, 5.74) is 2.89. The molecule has 0 spiro atoms. The second-order valence-electron chi connectivity index (χ2n) is 5.34. The maximum Gasteiger partial charge on any atom is 0.180 e. The summed E-state index contributed by atoms with van der Waals surface area (Å²) in [5, 5.41) is 4.01. The first kappa shape index (κ1) is 15.7. The van der Waals surface area contributed by atoms with Gasteiger partial charge >= 0.3 is 0 Å². The van der Waals surface area contributed by atoms with Crippen molar-refractivity contribution in [2.45, 2.75) is 40.0 Å². The fourth-order valence-corrected chi connectivity index (χ4v) is 2.39. The van der Waals surface area contributed by atoms with Gasteiger partial charge in [-0.25, -0.2) is 9.97 Å². The first-order valence-electron chi connectivity index (χ1n) is 7.27. The van der Waals surface area contributed by atoms with Gasteiger partial charge in [-0.05, 0) is 31.4 Å². The Hall–Kier alpha value is -1.68. The van der Waals surface area contributed by atoms with Crippen molar-refractivity contribution in [1.29, 1.82) is 0 Å². The fourth-order valence-electron chi connectivity index (χ4n) is 2.27. The van der Waals surface area contributed by atoms with E-state index < -0.39 is 0 Å². The highest BCUT2D eigenvalue weighted by Crippen LogP contribution is 2.27. The van der Waals surface area contributed by atoms with Gasteiger partial charge in [0, 0.05) is 24.0 Å². The van der Waals surface area contributed by atoms with Crippen LogP contribution in [0, 0.1) is 6.92 Å². The van der Waals surface area contributed by atoms with Gasteiger partial charge in [0.25, 0.3) is 0 Å². The Morgan fingerprint density at radius 2 is 2.00 bits per heavy atom. The van der Waals surface area contributed by atoms with Crippen LogP contribution in [0.1, 0.15) is 44.4 Å². The summed E-state index contributed by atoms with van der Waals surface area (Å²) in [6, 6.07) is 3.65. The molecule has 0 saturated carbocycles. The normalized spacial score (nSPS) is 11.0. The quantitative estimate of drug-likeness (QED) is 0.887. The second-order valence-corrected chi connectivity index (χ2v) is 5.77. The number of pyridine rings is 1. The lowest BCUT2D eigenvalue weighted by Gasteiger charge is -2.16. The third kappa shape index (κ3) is 3.70. The molecule has 0 aliphatic carbocycles. The number of hydrogen-bond acceptors (Lipinski definition) is 4. The van der Waals surface area contributed by atoms with Gasteiger partial charge in [-0.3, -0.25) is 4.98 Å². The topological polar surface area (TPSA) is 50.7 Å². The van der Waals surface area contributed by atoms with Gasteiger partial charge in [0.05, 0.1) is 5.02 Å². The number of halogens is 1. The van der Waals surface area contributed by atoms with Crippen LogP contribution in [0.3, 0.4) is 0 Å². The number of anilines is 1. The summed E-state index contributed by atoms with van der Waals surface area (Å²) in [4.78, 5) is 13.6. The van der Waals surface area contributed by atoms with E-state index >= 15 is 0 Å². The Bertz CT molecular complexity index is 608. The van der Waals surface area contributed by atoms with Gasteiger partial charge in [-0.2, -0.15) is 0 Å². The van der Waals surface area contributed by atoms with Crippen LogP contribution in [0.4, 0.5) is 5.82 Å². The molecule has 2 aromatic heterocycles. The van der Waals surface area contributed by atoms with E-state index in [9.17, 15) is 0 Å². The van der Waals surface area contributed by atoms with Gasteiger partial charge in [0.2, 0.25) is 0 Å². The molecule has 21 heavy (non-hydrogen) atoms. The molecule has 0 aromatic carbocycles. The van der Waals surface area contributed by atoms with Gasteiger partial charge in [-0.15, -0.1) is 0 Å². The molecular formula is C16H21ClN4. The average Bonchev–Trinajstić information content (AvgIpc) is 2.44. The summed E-state index contributed by atoms with van der Waals surface area (Å²) in [6.07, 6.45) is 2.67. The number of nitrogens with one attached hydrogen (secondary N) is 1. The lowest BCUT2D eigenvalue weighted by molar-refractivity contribution is 0.826. The van der Waals surface area contributed by atoms with E-state index in [2.05, 4.69) is 41.0 Å². The van der Waals surface area contributed by atoms with Crippen LogP contribution < -0.4 is 5.32 Å². The largest absolute Gasteiger partial charge is 0.370 e. The molecule has 0 atom stereocenters. The predicted octanol–water partition coefficient (Wildman–Crippen LogP) is 4.45. The van der Waals surface area contributed by atoms with Gasteiger partial charge < -0.3 is 5.32 Å². The van der Waals surface area contributed by atoms with Gasteiger partial charge in [0.1, 0.15) is 11.5 Å². The van der Waals surface area contributed by atoms with Gasteiger partial charge in [-0.1, -0.05) is 32.4 Å². The Morgan fingerprint density at radius 3 is 2.57 bits per heavy atom. The summed E-state index contributed by atoms with van der Waals surface area (Å²) in [5.74, 6) is 1.91. The molecule has 2 heterocycles. The van der Waals surface area contributed by atoms with Crippen molar-refractivity contribution in [2.24, 2.45) is 0 Å². The first-order chi connectivity index (χ1) is 10.0. The molecule has 0 aliphatic rings. The van der Waals surface area contributed by atoms with Crippen molar-refractivity contribution in [3.05, 3.63) is 34.6 Å². The zero-order chi connectivity index (χ0) is 15.4. The molecule has 2 aromatic rings. The maximum absolute atomic E-state index is 5.88. The molecule has 2 rings (SSSR count). The van der Waals surface area contributed by atoms with Crippen LogP contribution in [0.2, 0.25) is 5.02 Å². The monoisotopic (exact) mass is 304 g/mol. The lowest BCUT2D eigenvalue weighted by Crippen LogP contribution is -2.10. The lowest BCUT2D eigenvalue weighted by atomic mass is 10.0. The van der Waals surface area contributed by atoms with Gasteiger partial charge in [0.15, 0.2) is 5.82 Å². The highest BCUT2D eigenvalue weighted by molar-refractivity contribution is 6.30. The smallest absolute Gasteiger partial charge is 0.180 e. The van der Waals surface area contributed by atoms with Crippen LogP contribution >= 0.6 is 11.6 Å². The van der Waals surface area contributed by atoms with Crippen LogP contribution in [-0.2, 0) is 0 Å². The highest BCUT2D eigenvalue weighted by Gasteiger charge is 2.15. The Labute approximate surface area is 131 Å². The number of rotatable bonds is 5. The van der Waals surface area contributed by atoms with Crippen molar-refractivity contribution in [3.63, 3.8) is 0 Å². The highest BCUT2D eigenvalue weighted by atomic mass is 35.5. The molecule has 0 aliphatic heterocycles. The van der Waals surface area contributed by atoms with Crippen LogP contribution in [-0.4, -0.2) is 21.5 Å². The van der Waals surface area contributed by atoms with E-state index in [0.29, 0.717) is 16.8 Å².